The van der Waals surface area contributed by atoms with Crippen molar-refractivity contribution in [3.63, 3.8) is 0 Å². The lowest BCUT2D eigenvalue weighted by Gasteiger charge is -2.30. The van der Waals surface area contributed by atoms with Crippen molar-refractivity contribution in [2.75, 3.05) is 5.88 Å². The molecule has 0 fully saturated rings. The second kappa shape index (κ2) is 9.75. The third-order valence-electron chi connectivity index (χ3n) is 4.73. The number of alkyl halides is 1. The van der Waals surface area contributed by atoms with Crippen molar-refractivity contribution < 1.29 is 26.2 Å². The number of nitrogens with zero attached hydrogens (tertiary/aromatic N) is 1. The van der Waals surface area contributed by atoms with Gasteiger partial charge in [-0.15, -0.1) is 11.6 Å². The number of benzene rings is 2. The molecule has 1 aromatic heterocycles. The molecule has 1 amide bonds. The molecule has 1 heterocycles. The molecule has 32 heavy (non-hydrogen) atoms. The maximum Gasteiger partial charge on any atom is 0.339 e. The van der Waals surface area contributed by atoms with Crippen molar-refractivity contribution in [3.05, 3.63) is 84.1 Å². The summed E-state index contributed by atoms with van der Waals surface area (Å²) in [6, 6.07) is 14.2. The highest BCUT2D eigenvalue weighted by molar-refractivity contribution is 7.87. The van der Waals surface area contributed by atoms with Crippen LogP contribution in [0.3, 0.4) is 0 Å². The summed E-state index contributed by atoms with van der Waals surface area (Å²) in [5.74, 6) is 0.216. The predicted molar refractivity (Wildman–Crippen MR) is 118 cm³/mol. The number of hydrogen-bond donors (Lipinski definition) is 0. The van der Waals surface area contributed by atoms with Gasteiger partial charge in [0, 0.05) is 12.4 Å². The van der Waals surface area contributed by atoms with Gasteiger partial charge in [0.05, 0.1) is 18.2 Å². The molecule has 0 N–H and O–H groups in total. The molecule has 6 nitrogen and oxygen atoms in total. The molecule has 3 aromatic rings. The van der Waals surface area contributed by atoms with Gasteiger partial charge >= 0.3 is 10.1 Å². The van der Waals surface area contributed by atoms with Crippen LogP contribution < -0.4 is 4.18 Å². The van der Waals surface area contributed by atoms with Gasteiger partial charge in [0.1, 0.15) is 22.2 Å². The highest BCUT2D eigenvalue weighted by atomic mass is 35.5. The summed E-state index contributed by atoms with van der Waals surface area (Å²) in [7, 11) is -4.09. The van der Waals surface area contributed by atoms with E-state index in [9.17, 15) is 17.6 Å². The van der Waals surface area contributed by atoms with Crippen LogP contribution in [0.15, 0.2) is 76.2 Å². The number of furan rings is 1. The van der Waals surface area contributed by atoms with Gasteiger partial charge in [0.2, 0.25) is 5.91 Å². The summed E-state index contributed by atoms with van der Waals surface area (Å²) in [5, 5.41) is 0. The molecular formula is C23H23ClFNO5S. The fourth-order valence-electron chi connectivity index (χ4n) is 2.92. The van der Waals surface area contributed by atoms with Crippen molar-refractivity contribution >= 4 is 27.6 Å². The Balaban J connectivity index is 1.75. The highest BCUT2D eigenvalue weighted by Crippen LogP contribution is 2.25. The summed E-state index contributed by atoms with van der Waals surface area (Å²) in [6.45, 7) is 4.08. The van der Waals surface area contributed by atoms with E-state index in [0.29, 0.717) is 5.76 Å². The molecule has 2 aromatic carbocycles. The average molecular weight is 480 g/mol. The molecule has 9 heteroatoms. The predicted octanol–water partition coefficient (Wildman–Crippen LogP) is 4.98. The molecule has 3 rings (SSSR count). The van der Waals surface area contributed by atoms with Crippen molar-refractivity contribution in [2.45, 2.75) is 31.8 Å². The Morgan fingerprint density at radius 3 is 2.28 bits per heavy atom. The van der Waals surface area contributed by atoms with E-state index in [1.807, 2.05) is 0 Å². The first-order valence-electron chi connectivity index (χ1n) is 9.77. The molecule has 0 saturated heterocycles. The third-order valence-corrected chi connectivity index (χ3v) is 6.66. The standard InChI is InChI=1S/C23H23ClFNO5S/c1-23(2,16-24)22(27)26(15-20-4-3-13-30-20)14-17-5-9-19(10-6-17)31-32(28,29)21-11-7-18(25)8-12-21/h3-13H,14-16H2,1-2H3. The summed E-state index contributed by atoms with van der Waals surface area (Å²) >= 11 is 5.99. The molecule has 0 atom stereocenters. The summed E-state index contributed by atoms with van der Waals surface area (Å²) < 4.78 is 48.3. The van der Waals surface area contributed by atoms with Crippen molar-refractivity contribution in [1.82, 2.24) is 4.90 Å². The smallest absolute Gasteiger partial charge is 0.339 e. The highest BCUT2D eigenvalue weighted by Gasteiger charge is 2.31. The average Bonchev–Trinajstić information content (AvgIpc) is 3.27. The van der Waals surface area contributed by atoms with Crippen LogP contribution in [0.5, 0.6) is 5.75 Å². The number of hydrogen-bond acceptors (Lipinski definition) is 5. The normalized spacial score (nSPS) is 11.9. The van der Waals surface area contributed by atoms with E-state index in [0.717, 1.165) is 29.8 Å². The van der Waals surface area contributed by atoms with Crippen molar-refractivity contribution in [1.29, 1.82) is 0 Å². The van der Waals surface area contributed by atoms with E-state index < -0.39 is 21.4 Å². The van der Waals surface area contributed by atoms with E-state index in [-0.39, 0.29) is 35.5 Å². The Hall–Kier alpha value is -2.84. The first-order chi connectivity index (χ1) is 15.1. The quantitative estimate of drug-likeness (QED) is 0.319. The van der Waals surface area contributed by atoms with Crippen LogP contribution in [0, 0.1) is 11.2 Å². The molecule has 0 unspecified atom stereocenters. The zero-order valence-electron chi connectivity index (χ0n) is 17.6. The monoisotopic (exact) mass is 479 g/mol. The zero-order valence-corrected chi connectivity index (χ0v) is 19.2. The topological polar surface area (TPSA) is 76.8 Å². The van der Waals surface area contributed by atoms with Crippen molar-refractivity contribution in [3.8, 4) is 5.75 Å². The lowest BCUT2D eigenvalue weighted by atomic mass is 9.94. The Bertz CT molecular complexity index is 1140. The Labute approximate surface area is 191 Å². The van der Waals surface area contributed by atoms with E-state index in [4.69, 9.17) is 20.2 Å². The molecule has 0 aliphatic carbocycles. The van der Waals surface area contributed by atoms with Crippen LogP contribution in [-0.2, 0) is 28.0 Å². The Kier molecular flexibility index (Phi) is 7.26. The van der Waals surface area contributed by atoms with Crippen LogP contribution in [0.25, 0.3) is 0 Å². The van der Waals surface area contributed by atoms with Crippen LogP contribution in [0.2, 0.25) is 0 Å². The number of carbonyl (C=O) groups excluding carboxylic acids is 1. The second-order valence-corrected chi connectivity index (χ2v) is 9.71. The largest absolute Gasteiger partial charge is 0.467 e. The minimum Gasteiger partial charge on any atom is -0.467 e. The summed E-state index contributed by atoms with van der Waals surface area (Å²) in [5.41, 5.74) is 0.00211. The van der Waals surface area contributed by atoms with E-state index in [1.165, 1.54) is 12.1 Å². The number of amides is 1. The molecule has 0 bridgehead atoms. The third kappa shape index (κ3) is 5.89. The van der Waals surface area contributed by atoms with Crippen molar-refractivity contribution in [2.24, 2.45) is 5.41 Å². The number of rotatable bonds is 9. The van der Waals surface area contributed by atoms with E-state index in [1.54, 1.807) is 49.3 Å². The molecule has 0 radical (unpaired) electrons. The SMILES string of the molecule is CC(C)(CCl)C(=O)N(Cc1ccc(OS(=O)(=O)c2ccc(F)cc2)cc1)Cc1ccco1. The number of halogens is 2. The van der Waals surface area contributed by atoms with Gasteiger partial charge in [-0.3, -0.25) is 4.79 Å². The second-order valence-electron chi connectivity index (χ2n) is 7.89. The van der Waals surface area contributed by atoms with E-state index >= 15 is 0 Å². The first-order valence-corrected chi connectivity index (χ1v) is 11.7. The first kappa shape index (κ1) is 23.8. The molecule has 0 aliphatic rings. The van der Waals surface area contributed by atoms with Crippen LogP contribution in [0.1, 0.15) is 25.2 Å². The summed E-state index contributed by atoms with van der Waals surface area (Å²) in [4.78, 5) is 14.5. The lowest BCUT2D eigenvalue weighted by Crippen LogP contribution is -2.41. The van der Waals surface area contributed by atoms with E-state index in [2.05, 4.69) is 0 Å². The summed E-state index contributed by atoms with van der Waals surface area (Å²) in [6.07, 6.45) is 1.54. The molecule has 0 aliphatic heterocycles. The molecule has 170 valence electrons. The zero-order chi connectivity index (χ0) is 23.4. The van der Waals surface area contributed by atoms with Gasteiger partial charge < -0.3 is 13.5 Å². The van der Waals surface area contributed by atoms with Crippen LogP contribution in [0.4, 0.5) is 4.39 Å². The van der Waals surface area contributed by atoms with Crippen LogP contribution >= 0.6 is 11.6 Å². The lowest BCUT2D eigenvalue weighted by molar-refractivity contribution is -0.140. The van der Waals surface area contributed by atoms with Gasteiger partial charge in [-0.25, -0.2) is 4.39 Å². The fourth-order valence-corrected chi connectivity index (χ4v) is 3.97. The Morgan fingerprint density at radius 1 is 1.06 bits per heavy atom. The van der Waals surface area contributed by atoms with Gasteiger partial charge in [0.25, 0.3) is 0 Å². The van der Waals surface area contributed by atoms with Gasteiger partial charge in [0.15, 0.2) is 0 Å². The molecular weight excluding hydrogens is 457 g/mol. The minimum atomic E-state index is -4.09. The van der Waals surface area contributed by atoms with Gasteiger partial charge in [-0.1, -0.05) is 12.1 Å². The maximum absolute atomic E-state index is 13.0. The van der Waals surface area contributed by atoms with Crippen LogP contribution in [-0.4, -0.2) is 25.1 Å². The van der Waals surface area contributed by atoms with Gasteiger partial charge in [-0.2, -0.15) is 8.42 Å². The molecule has 0 saturated carbocycles. The minimum absolute atomic E-state index is 0.100. The maximum atomic E-state index is 13.0. The molecule has 0 spiro atoms. The van der Waals surface area contributed by atoms with Gasteiger partial charge in [-0.05, 0) is 67.9 Å². The number of carbonyl (C=O) groups is 1. The Morgan fingerprint density at radius 2 is 1.72 bits per heavy atom. The fraction of sp³-hybridized carbons (Fsp3) is 0.261.